The van der Waals surface area contributed by atoms with Crippen molar-refractivity contribution in [3.63, 3.8) is 0 Å². The van der Waals surface area contributed by atoms with Crippen molar-refractivity contribution in [2.24, 2.45) is 0 Å². The molecule has 1 N–H and O–H groups in total. The molecule has 0 amide bonds. The predicted molar refractivity (Wildman–Crippen MR) is 112 cm³/mol. The van der Waals surface area contributed by atoms with Crippen molar-refractivity contribution in [3.05, 3.63) is 11.9 Å². The van der Waals surface area contributed by atoms with E-state index in [0.29, 0.717) is 65.8 Å². The number of hydrogen-bond donors (Lipinski definition) is 1. The molecule has 1 aromatic heterocycles. The summed E-state index contributed by atoms with van der Waals surface area (Å²) in [6.45, 7) is 10.6. The molecule has 0 radical (unpaired) electrons. The molecule has 11 heteroatoms. The standard InChI is InChI=1S/C16H31N5O5S.C2H6/c1-17-2-6-24-8-10-26-11-9-25-7-3-21-15-16(18-19-21)14-20-4-12-27(22,23)13-5-20;1-2/h15,17H,2-14H2,1H3;1-2H3. The van der Waals surface area contributed by atoms with E-state index in [0.717, 1.165) is 12.2 Å². The zero-order valence-electron chi connectivity index (χ0n) is 18.0. The Bertz CT molecular complexity index is 612. The number of hydrogen-bond acceptors (Lipinski definition) is 9. The second-order valence-electron chi connectivity index (χ2n) is 6.34. The molecule has 1 aliphatic rings. The smallest absolute Gasteiger partial charge is 0.152 e. The lowest BCUT2D eigenvalue weighted by atomic mass is 10.4. The van der Waals surface area contributed by atoms with Gasteiger partial charge in [-0.15, -0.1) is 5.10 Å². The van der Waals surface area contributed by atoms with Gasteiger partial charge in [-0.3, -0.25) is 4.90 Å². The van der Waals surface area contributed by atoms with E-state index < -0.39 is 9.84 Å². The molecule has 0 atom stereocenters. The van der Waals surface area contributed by atoms with Gasteiger partial charge < -0.3 is 19.5 Å². The highest BCUT2D eigenvalue weighted by Gasteiger charge is 2.22. The van der Waals surface area contributed by atoms with Gasteiger partial charge in [0.25, 0.3) is 0 Å². The predicted octanol–water partition coefficient (Wildman–Crippen LogP) is -0.196. The first kappa shape index (κ1) is 25.9. The lowest BCUT2D eigenvalue weighted by Crippen LogP contribution is -2.39. The molecule has 1 aliphatic heterocycles. The fourth-order valence-electron chi connectivity index (χ4n) is 2.53. The Morgan fingerprint density at radius 2 is 1.59 bits per heavy atom. The van der Waals surface area contributed by atoms with E-state index in [1.807, 2.05) is 27.1 Å². The van der Waals surface area contributed by atoms with E-state index in [1.165, 1.54) is 0 Å². The van der Waals surface area contributed by atoms with Crippen molar-refractivity contribution in [3.8, 4) is 0 Å². The molecule has 0 aliphatic carbocycles. The number of nitrogens with one attached hydrogen (secondary N) is 1. The molecule has 2 heterocycles. The molecular weight excluding hydrogens is 398 g/mol. The maximum absolute atomic E-state index is 11.4. The average molecular weight is 436 g/mol. The van der Waals surface area contributed by atoms with Gasteiger partial charge >= 0.3 is 0 Å². The van der Waals surface area contributed by atoms with Gasteiger partial charge in [0.2, 0.25) is 0 Å². The van der Waals surface area contributed by atoms with E-state index in [9.17, 15) is 8.42 Å². The molecule has 10 nitrogen and oxygen atoms in total. The second-order valence-corrected chi connectivity index (χ2v) is 8.65. The van der Waals surface area contributed by atoms with Crippen LogP contribution in [0.25, 0.3) is 0 Å². The Kier molecular flexibility index (Phi) is 14.0. The number of likely N-dealkylation sites (N-methyl/N-ethyl adjacent to an activating group) is 1. The van der Waals surface area contributed by atoms with E-state index in [1.54, 1.807) is 4.68 Å². The third-order valence-electron chi connectivity index (χ3n) is 4.11. The van der Waals surface area contributed by atoms with Crippen molar-refractivity contribution in [2.45, 2.75) is 26.9 Å². The molecule has 1 aromatic rings. The van der Waals surface area contributed by atoms with Gasteiger partial charge in [0.05, 0.1) is 63.4 Å². The fourth-order valence-corrected chi connectivity index (χ4v) is 3.81. The number of sulfone groups is 1. The van der Waals surface area contributed by atoms with Crippen LogP contribution in [0.3, 0.4) is 0 Å². The molecule has 0 spiro atoms. The minimum Gasteiger partial charge on any atom is -0.378 e. The van der Waals surface area contributed by atoms with E-state index in [2.05, 4.69) is 20.5 Å². The average Bonchev–Trinajstić information content (AvgIpc) is 3.16. The summed E-state index contributed by atoms with van der Waals surface area (Å²) in [5.74, 6) is 0.443. The molecule has 29 heavy (non-hydrogen) atoms. The third kappa shape index (κ3) is 12.2. The second kappa shape index (κ2) is 15.7. The van der Waals surface area contributed by atoms with Crippen LogP contribution in [-0.2, 0) is 37.1 Å². The van der Waals surface area contributed by atoms with Crippen molar-refractivity contribution < 1.29 is 22.6 Å². The van der Waals surface area contributed by atoms with E-state index in [4.69, 9.17) is 14.2 Å². The molecule has 0 saturated carbocycles. The van der Waals surface area contributed by atoms with Gasteiger partial charge in [0.15, 0.2) is 9.84 Å². The normalized spacial score (nSPS) is 16.4. The summed E-state index contributed by atoms with van der Waals surface area (Å²) < 4.78 is 40.9. The Labute approximate surface area is 174 Å². The highest BCUT2D eigenvalue weighted by Crippen LogP contribution is 2.07. The first-order valence-corrected chi connectivity index (χ1v) is 12.1. The third-order valence-corrected chi connectivity index (χ3v) is 5.72. The highest BCUT2D eigenvalue weighted by atomic mass is 32.2. The Morgan fingerprint density at radius 1 is 1.00 bits per heavy atom. The fraction of sp³-hybridized carbons (Fsp3) is 0.889. The number of aromatic nitrogens is 3. The van der Waals surface area contributed by atoms with Crippen LogP contribution in [0.15, 0.2) is 6.20 Å². The van der Waals surface area contributed by atoms with E-state index in [-0.39, 0.29) is 11.5 Å². The van der Waals surface area contributed by atoms with Crippen LogP contribution < -0.4 is 5.32 Å². The van der Waals surface area contributed by atoms with Crippen LogP contribution in [0.1, 0.15) is 19.5 Å². The quantitative estimate of drug-likeness (QED) is 0.398. The molecule has 0 unspecified atom stereocenters. The monoisotopic (exact) mass is 435 g/mol. The van der Waals surface area contributed by atoms with Gasteiger partial charge in [-0.05, 0) is 7.05 Å². The first-order valence-electron chi connectivity index (χ1n) is 10.3. The minimum atomic E-state index is -2.85. The van der Waals surface area contributed by atoms with Crippen molar-refractivity contribution in [1.82, 2.24) is 25.2 Å². The SMILES string of the molecule is CC.CNCCOCCOCCOCCn1cc(CN2CCS(=O)(=O)CC2)nn1. The van der Waals surface area contributed by atoms with Gasteiger partial charge in [-0.25, -0.2) is 13.1 Å². The Hall–Kier alpha value is -1.11. The van der Waals surface area contributed by atoms with Crippen LogP contribution in [0.5, 0.6) is 0 Å². The van der Waals surface area contributed by atoms with Crippen LogP contribution in [0, 0.1) is 0 Å². The van der Waals surface area contributed by atoms with Crippen molar-refractivity contribution in [1.29, 1.82) is 0 Å². The molecule has 1 fully saturated rings. The van der Waals surface area contributed by atoms with Crippen LogP contribution in [0.4, 0.5) is 0 Å². The van der Waals surface area contributed by atoms with Gasteiger partial charge in [0, 0.05) is 32.4 Å². The highest BCUT2D eigenvalue weighted by molar-refractivity contribution is 7.91. The van der Waals surface area contributed by atoms with Gasteiger partial charge in [-0.1, -0.05) is 19.1 Å². The summed E-state index contributed by atoms with van der Waals surface area (Å²) in [4.78, 5) is 2.09. The number of ether oxygens (including phenoxy) is 3. The number of rotatable bonds is 14. The van der Waals surface area contributed by atoms with E-state index >= 15 is 0 Å². The Balaban J connectivity index is 0.00000204. The molecule has 2 rings (SSSR count). The summed E-state index contributed by atoms with van der Waals surface area (Å²) in [5, 5.41) is 11.2. The molecule has 1 saturated heterocycles. The van der Waals surface area contributed by atoms with Crippen LogP contribution in [0.2, 0.25) is 0 Å². The molecule has 0 aromatic carbocycles. The van der Waals surface area contributed by atoms with Crippen LogP contribution >= 0.6 is 0 Å². The summed E-state index contributed by atoms with van der Waals surface area (Å²) >= 11 is 0. The maximum Gasteiger partial charge on any atom is 0.152 e. The van der Waals surface area contributed by atoms with Gasteiger partial charge in [0.1, 0.15) is 0 Å². The lowest BCUT2D eigenvalue weighted by Gasteiger charge is -2.25. The van der Waals surface area contributed by atoms with Crippen molar-refractivity contribution in [2.75, 3.05) is 77.8 Å². The summed E-state index contributed by atoms with van der Waals surface area (Å²) in [5.41, 5.74) is 0.843. The minimum absolute atomic E-state index is 0.221. The zero-order valence-corrected chi connectivity index (χ0v) is 18.8. The molecule has 0 bridgehead atoms. The summed E-state index contributed by atoms with van der Waals surface area (Å²) in [6, 6.07) is 0. The van der Waals surface area contributed by atoms with Gasteiger partial charge in [-0.2, -0.15) is 0 Å². The topological polar surface area (TPSA) is 108 Å². The van der Waals surface area contributed by atoms with Crippen molar-refractivity contribution >= 4 is 9.84 Å². The first-order chi connectivity index (χ1) is 14.1. The zero-order chi connectivity index (χ0) is 21.4. The maximum atomic E-state index is 11.4. The summed E-state index contributed by atoms with van der Waals surface area (Å²) in [6.07, 6.45) is 1.88. The van der Waals surface area contributed by atoms with Crippen LogP contribution in [-0.4, -0.2) is 106 Å². The molecular formula is C18H37N5O5S. The number of nitrogens with zero attached hydrogens (tertiary/aromatic N) is 4. The summed E-state index contributed by atoms with van der Waals surface area (Å²) in [7, 11) is -0.962. The lowest BCUT2D eigenvalue weighted by molar-refractivity contribution is 0.0134. The molecule has 170 valence electrons. The Morgan fingerprint density at radius 3 is 2.21 bits per heavy atom. The largest absolute Gasteiger partial charge is 0.378 e.